The van der Waals surface area contributed by atoms with E-state index >= 15 is 0 Å². The molecule has 0 saturated carbocycles. The Balaban J connectivity index is 1.85. The molecule has 1 aliphatic heterocycles. The van der Waals surface area contributed by atoms with Crippen molar-refractivity contribution in [1.82, 2.24) is 19.7 Å². The number of hydrogen-bond acceptors (Lipinski definition) is 4. The molecular formula is C15H20N4O2. The number of carbonyl (C=O) groups excluding carboxylic acids is 1. The van der Waals surface area contributed by atoms with Gasteiger partial charge in [0, 0.05) is 19.3 Å². The zero-order chi connectivity index (χ0) is 15.0. The number of ether oxygens (including phenoxy) is 1. The number of hydrogen-bond donors (Lipinski definition) is 0. The molecule has 1 atom stereocenters. The van der Waals surface area contributed by atoms with Crippen molar-refractivity contribution in [3.8, 4) is 0 Å². The van der Waals surface area contributed by atoms with Crippen molar-refractivity contribution in [1.29, 1.82) is 0 Å². The lowest BCUT2D eigenvalue weighted by Gasteiger charge is -2.39. The minimum absolute atomic E-state index is 0.00412. The monoisotopic (exact) mass is 288 g/mol. The van der Waals surface area contributed by atoms with E-state index in [0.29, 0.717) is 25.3 Å². The molecule has 0 radical (unpaired) electrons. The predicted octanol–water partition coefficient (Wildman–Crippen LogP) is 1.62. The van der Waals surface area contributed by atoms with Gasteiger partial charge < -0.3 is 9.64 Å². The Morgan fingerprint density at radius 3 is 2.95 bits per heavy atom. The summed E-state index contributed by atoms with van der Waals surface area (Å²) >= 11 is 0. The number of fused-ring (bicyclic) bond motifs is 1. The summed E-state index contributed by atoms with van der Waals surface area (Å²) in [5.74, 6) is -0.00412. The van der Waals surface area contributed by atoms with E-state index < -0.39 is 0 Å². The molecule has 3 rings (SSSR count). The highest BCUT2D eigenvalue weighted by Crippen LogP contribution is 2.26. The van der Waals surface area contributed by atoms with E-state index in [1.807, 2.05) is 17.0 Å². The molecule has 6 heteroatoms. The van der Waals surface area contributed by atoms with E-state index in [4.69, 9.17) is 4.74 Å². The first kappa shape index (κ1) is 14.0. The van der Waals surface area contributed by atoms with Crippen LogP contribution in [0.4, 0.5) is 0 Å². The van der Waals surface area contributed by atoms with Crippen molar-refractivity contribution in [2.75, 3.05) is 19.7 Å². The Bertz CT molecular complexity index is 659. The molecule has 0 N–H and O–H groups in total. The highest BCUT2D eigenvalue weighted by molar-refractivity contribution is 6.00. The molecule has 0 unspecified atom stereocenters. The third-order valence-corrected chi connectivity index (χ3v) is 3.85. The van der Waals surface area contributed by atoms with Crippen LogP contribution in [-0.4, -0.2) is 51.4 Å². The fraction of sp³-hybridized carbons (Fsp3) is 0.533. The third kappa shape index (κ3) is 2.63. The quantitative estimate of drug-likeness (QED) is 0.800. The van der Waals surface area contributed by atoms with Crippen LogP contribution in [0.3, 0.4) is 0 Å². The topological polar surface area (TPSA) is 59.7 Å². The zero-order valence-electron chi connectivity index (χ0n) is 12.6. The highest BCUT2D eigenvalue weighted by Gasteiger charge is 2.33. The SMILES string of the molecule is CC(C)(C)[C@@H]1CN(C(=O)c2cnn3ncccc23)CCO1. The Hall–Kier alpha value is -1.95. The molecule has 1 saturated heterocycles. The number of rotatable bonds is 1. The van der Waals surface area contributed by atoms with Gasteiger partial charge in [0.05, 0.1) is 24.5 Å². The van der Waals surface area contributed by atoms with Gasteiger partial charge in [0.25, 0.3) is 5.91 Å². The van der Waals surface area contributed by atoms with Crippen LogP contribution in [0.25, 0.3) is 5.52 Å². The summed E-state index contributed by atoms with van der Waals surface area (Å²) in [7, 11) is 0. The maximum absolute atomic E-state index is 12.7. The van der Waals surface area contributed by atoms with Crippen molar-refractivity contribution in [2.45, 2.75) is 26.9 Å². The molecule has 0 spiro atoms. The lowest BCUT2D eigenvalue weighted by Crippen LogP contribution is -2.50. The third-order valence-electron chi connectivity index (χ3n) is 3.85. The Morgan fingerprint density at radius 1 is 1.38 bits per heavy atom. The average molecular weight is 288 g/mol. The minimum Gasteiger partial charge on any atom is -0.374 e. The van der Waals surface area contributed by atoms with Crippen LogP contribution < -0.4 is 0 Å². The summed E-state index contributed by atoms with van der Waals surface area (Å²) < 4.78 is 7.28. The van der Waals surface area contributed by atoms with Crippen molar-refractivity contribution in [3.63, 3.8) is 0 Å². The van der Waals surface area contributed by atoms with Crippen molar-refractivity contribution in [2.24, 2.45) is 5.41 Å². The van der Waals surface area contributed by atoms with Gasteiger partial charge in [-0.1, -0.05) is 20.8 Å². The first-order valence-corrected chi connectivity index (χ1v) is 7.17. The molecule has 21 heavy (non-hydrogen) atoms. The Kier molecular flexibility index (Phi) is 3.41. The summed E-state index contributed by atoms with van der Waals surface area (Å²) in [5.41, 5.74) is 1.35. The molecule has 0 bridgehead atoms. The van der Waals surface area contributed by atoms with Gasteiger partial charge in [-0.3, -0.25) is 4.79 Å². The van der Waals surface area contributed by atoms with Crippen LogP contribution in [0.2, 0.25) is 0 Å². The second-order valence-corrected chi connectivity index (χ2v) is 6.43. The van der Waals surface area contributed by atoms with Crippen molar-refractivity contribution in [3.05, 3.63) is 30.1 Å². The molecule has 0 aliphatic carbocycles. The van der Waals surface area contributed by atoms with Gasteiger partial charge in [0.15, 0.2) is 0 Å². The molecule has 1 amide bonds. The Labute approximate surface area is 123 Å². The normalized spacial score (nSPS) is 20.0. The number of aromatic nitrogens is 3. The summed E-state index contributed by atoms with van der Waals surface area (Å²) in [6.07, 6.45) is 3.29. The van der Waals surface area contributed by atoms with E-state index in [-0.39, 0.29) is 17.4 Å². The van der Waals surface area contributed by atoms with E-state index in [9.17, 15) is 4.79 Å². The molecular weight excluding hydrogens is 268 g/mol. The van der Waals surface area contributed by atoms with Gasteiger partial charge in [0.1, 0.15) is 5.52 Å². The number of amides is 1. The molecule has 0 aromatic carbocycles. The minimum atomic E-state index is -0.00412. The summed E-state index contributed by atoms with van der Waals surface area (Å²) in [5, 5.41) is 8.22. The van der Waals surface area contributed by atoms with Gasteiger partial charge in [-0.25, -0.2) is 0 Å². The maximum atomic E-state index is 12.7. The molecule has 1 fully saturated rings. The number of nitrogens with zero attached hydrogens (tertiary/aromatic N) is 4. The molecule has 3 heterocycles. The van der Waals surface area contributed by atoms with Gasteiger partial charge in [-0.05, 0) is 17.5 Å². The predicted molar refractivity (Wildman–Crippen MR) is 78.1 cm³/mol. The van der Waals surface area contributed by atoms with E-state index in [1.54, 1.807) is 12.4 Å². The molecule has 112 valence electrons. The summed E-state index contributed by atoms with van der Waals surface area (Å²) in [4.78, 5) is 14.6. The number of carbonyl (C=O) groups is 1. The van der Waals surface area contributed by atoms with Crippen LogP contribution in [0.15, 0.2) is 24.5 Å². The first-order valence-electron chi connectivity index (χ1n) is 7.17. The van der Waals surface area contributed by atoms with E-state index in [0.717, 1.165) is 5.52 Å². The average Bonchev–Trinajstić information content (AvgIpc) is 2.90. The summed E-state index contributed by atoms with van der Waals surface area (Å²) in [6.45, 7) is 8.19. The molecule has 2 aromatic heterocycles. The fourth-order valence-corrected chi connectivity index (χ4v) is 2.53. The lowest BCUT2D eigenvalue weighted by molar-refractivity contribution is -0.0706. The summed E-state index contributed by atoms with van der Waals surface area (Å²) in [6, 6.07) is 3.67. The van der Waals surface area contributed by atoms with Crippen LogP contribution in [-0.2, 0) is 4.74 Å². The largest absolute Gasteiger partial charge is 0.374 e. The van der Waals surface area contributed by atoms with Gasteiger partial charge in [-0.15, -0.1) is 0 Å². The zero-order valence-corrected chi connectivity index (χ0v) is 12.6. The molecule has 1 aliphatic rings. The van der Waals surface area contributed by atoms with Crippen LogP contribution >= 0.6 is 0 Å². The fourth-order valence-electron chi connectivity index (χ4n) is 2.53. The standard InChI is InChI=1S/C15H20N4O2/c1-15(2,3)13-10-18(7-8-21-13)14(20)11-9-17-19-12(11)5-4-6-16-19/h4-6,9,13H,7-8,10H2,1-3H3/t13-/m0/s1. The van der Waals surface area contributed by atoms with Crippen LogP contribution in [0.5, 0.6) is 0 Å². The smallest absolute Gasteiger partial charge is 0.257 e. The first-order chi connectivity index (χ1) is 9.97. The van der Waals surface area contributed by atoms with E-state index in [1.165, 1.54) is 4.63 Å². The number of morpholine rings is 1. The van der Waals surface area contributed by atoms with Crippen molar-refractivity contribution >= 4 is 11.4 Å². The Morgan fingerprint density at radius 2 is 2.19 bits per heavy atom. The maximum Gasteiger partial charge on any atom is 0.257 e. The molecule has 2 aromatic rings. The second-order valence-electron chi connectivity index (χ2n) is 6.43. The van der Waals surface area contributed by atoms with Crippen LogP contribution in [0.1, 0.15) is 31.1 Å². The second kappa shape index (κ2) is 5.11. The van der Waals surface area contributed by atoms with Crippen LogP contribution in [0, 0.1) is 5.41 Å². The lowest BCUT2D eigenvalue weighted by atomic mass is 9.88. The molecule has 6 nitrogen and oxygen atoms in total. The van der Waals surface area contributed by atoms with Gasteiger partial charge in [0.2, 0.25) is 0 Å². The van der Waals surface area contributed by atoms with E-state index in [2.05, 4.69) is 31.0 Å². The van der Waals surface area contributed by atoms with Crippen molar-refractivity contribution < 1.29 is 9.53 Å². The van der Waals surface area contributed by atoms with Gasteiger partial charge in [-0.2, -0.15) is 14.8 Å². The van der Waals surface area contributed by atoms with Gasteiger partial charge >= 0.3 is 0 Å². The highest BCUT2D eigenvalue weighted by atomic mass is 16.5.